The first-order valence-electron chi connectivity index (χ1n) is 11.0. The summed E-state index contributed by atoms with van der Waals surface area (Å²) in [7, 11) is 1.63. The Kier molecular flexibility index (Phi) is 6.20. The number of thiophene rings is 1. The molecule has 1 aromatic heterocycles. The lowest BCUT2D eigenvalue weighted by Crippen LogP contribution is -2.57. The van der Waals surface area contributed by atoms with E-state index in [1.807, 2.05) is 23.3 Å². The Morgan fingerprint density at radius 2 is 1.94 bits per heavy atom. The van der Waals surface area contributed by atoms with Crippen LogP contribution in [0.1, 0.15) is 59.0 Å². The van der Waals surface area contributed by atoms with Crippen LogP contribution < -0.4 is 0 Å². The molecule has 178 valence electrons. The monoisotopic (exact) mass is 479 g/mol. The summed E-state index contributed by atoms with van der Waals surface area (Å²) >= 11 is 1.60. The summed E-state index contributed by atoms with van der Waals surface area (Å²) in [5.41, 5.74) is 1.26. The highest BCUT2D eigenvalue weighted by Gasteiger charge is 2.46. The van der Waals surface area contributed by atoms with E-state index >= 15 is 0 Å². The Hall–Kier alpha value is -2.55. The minimum Gasteiger partial charge on any atom is -0.335 e. The predicted molar refractivity (Wildman–Crippen MR) is 121 cm³/mol. The van der Waals surface area contributed by atoms with Crippen molar-refractivity contribution in [3.8, 4) is 0 Å². The number of hydrogen-bond donors (Lipinski definition) is 0. The Bertz CT molecular complexity index is 1070. The number of halogens is 3. The number of urea groups is 1. The normalized spacial score (nSPS) is 21.8. The van der Waals surface area contributed by atoms with E-state index in [1.54, 1.807) is 43.2 Å². The van der Waals surface area contributed by atoms with Crippen LogP contribution in [0.3, 0.4) is 0 Å². The lowest BCUT2D eigenvalue weighted by Gasteiger charge is -2.46. The van der Waals surface area contributed by atoms with Gasteiger partial charge in [0.15, 0.2) is 0 Å². The highest BCUT2D eigenvalue weighted by molar-refractivity contribution is 7.10. The van der Waals surface area contributed by atoms with Gasteiger partial charge in [0.25, 0.3) is 0 Å². The summed E-state index contributed by atoms with van der Waals surface area (Å²) in [5, 5.41) is 1.99. The summed E-state index contributed by atoms with van der Waals surface area (Å²) < 4.78 is 40.0. The van der Waals surface area contributed by atoms with Gasteiger partial charge in [-0.2, -0.15) is 13.2 Å². The van der Waals surface area contributed by atoms with Crippen molar-refractivity contribution in [3.05, 3.63) is 56.8 Å². The molecule has 3 amide bonds. The molecule has 1 aromatic carbocycles. The minimum atomic E-state index is -4.45. The number of alkyl halides is 3. The molecular formula is C24H28F3N3O2S. The maximum absolute atomic E-state index is 13.7. The minimum absolute atomic E-state index is 0.0805. The Morgan fingerprint density at radius 1 is 1.21 bits per heavy atom. The molecule has 0 saturated carbocycles. The van der Waals surface area contributed by atoms with Gasteiger partial charge in [0.1, 0.15) is 0 Å². The third-order valence-corrected chi connectivity index (χ3v) is 7.77. The summed E-state index contributed by atoms with van der Waals surface area (Å²) in [5.74, 6) is 0.117. The molecule has 0 spiro atoms. The topological polar surface area (TPSA) is 43.9 Å². The van der Waals surface area contributed by atoms with Gasteiger partial charge in [0, 0.05) is 31.4 Å². The van der Waals surface area contributed by atoms with Crippen LogP contribution >= 0.6 is 11.3 Å². The van der Waals surface area contributed by atoms with Crippen molar-refractivity contribution in [2.24, 2.45) is 0 Å². The molecule has 2 aliphatic heterocycles. The molecule has 3 atom stereocenters. The summed E-state index contributed by atoms with van der Waals surface area (Å²) in [6.45, 7) is 6.24. The number of carbonyl (C=O) groups is 2. The first kappa shape index (κ1) is 23.6. The number of nitrogens with zero attached hydrogens (tertiary/aromatic N) is 3. The fourth-order valence-electron chi connectivity index (χ4n) is 5.04. The number of fused-ring (bicyclic) bond motifs is 1. The molecule has 3 heterocycles. The van der Waals surface area contributed by atoms with Crippen LogP contribution in [-0.2, 0) is 11.0 Å². The molecule has 2 aliphatic rings. The van der Waals surface area contributed by atoms with Crippen molar-refractivity contribution in [3.63, 3.8) is 0 Å². The van der Waals surface area contributed by atoms with Gasteiger partial charge in [-0.1, -0.05) is 11.6 Å². The van der Waals surface area contributed by atoms with E-state index in [1.165, 1.54) is 4.90 Å². The van der Waals surface area contributed by atoms with Crippen LogP contribution in [0.2, 0.25) is 0 Å². The number of benzene rings is 1. The average molecular weight is 480 g/mol. The molecule has 33 heavy (non-hydrogen) atoms. The predicted octanol–water partition coefficient (Wildman–Crippen LogP) is 5.54. The van der Waals surface area contributed by atoms with Gasteiger partial charge in [-0.3, -0.25) is 4.79 Å². The number of amides is 3. The second-order valence-corrected chi connectivity index (χ2v) is 10.1. The third-order valence-electron chi connectivity index (χ3n) is 6.91. The average Bonchev–Trinajstić information content (AvgIpc) is 3.36. The molecule has 0 radical (unpaired) electrons. The highest BCUT2D eigenvalue weighted by Crippen LogP contribution is 2.41. The van der Waals surface area contributed by atoms with Crippen LogP contribution in [0.5, 0.6) is 0 Å². The lowest BCUT2D eigenvalue weighted by atomic mass is 9.94. The van der Waals surface area contributed by atoms with Crippen molar-refractivity contribution in [1.29, 1.82) is 0 Å². The van der Waals surface area contributed by atoms with Crippen LogP contribution in [0.25, 0.3) is 0 Å². The standard InChI is InChI=1S/C24H28F3N3O2S/c1-14-11-17(13-18(12-14)24(25,26)27)15(2)28(4)23(32)30-9-8-29-20(5-6-21(29)31)22(30)19-7-10-33-16(19)3/h7,10-13,15,20,22H,5-6,8-9H2,1-4H3. The molecular weight excluding hydrogens is 451 g/mol. The van der Waals surface area contributed by atoms with Gasteiger partial charge in [-0.05, 0) is 61.9 Å². The maximum Gasteiger partial charge on any atom is 0.416 e. The van der Waals surface area contributed by atoms with Crippen LogP contribution in [0, 0.1) is 13.8 Å². The Balaban J connectivity index is 1.64. The number of hydrogen-bond acceptors (Lipinski definition) is 3. The third kappa shape index (κ3) is 4.35. The molecule has 0 bridgehead atoms. The van der Waals surface area contributed by atoms with E-state index < -0.39 is 17.8 Å². The summed E-state index contributed by atoms with van der Waals surface area (Å²) in [6.07, 6.45) is -3.28. The van der Waals surface area contributed by atoms with E-state index in [4.69, 9.17) is 0 Å². The highest BCUT2D eigenvalue weighted by atomic mass is 32.1. The van der Waals surface area contributed by atoms with Crippen molar-refractivity contribution in [2.75, 3.05) is 20.1 Å². The second-order valence-electron chi connectivity index (χ2n) is 8.96. The molecule has 2 aromatic rings. The van der Waals surface area contributed by atoms with Gasteiger partial charge in [-0.25, -0.2) is 4.79 Å². The fraction of sp³-hybridized carbons (Fsp3) is 0.500. The van der Waals surface area contributed by atoms with Crippen LogP contribution in [-0.4, -0.2) is 52.8 Å². The van der Waals surface area contributed by atoms with E-state index in [0.29, 0.717) is 37.1 Å². The summed E-state index contributed by atoms with van der Waals surface area (Å²) in [6, 6.07) is 4.80. The van der Waals surface area contributed by atoms with Crippen molar-refractivity contribution in [2.45, 2.75) is 57.9 Å². The van der Waals surface area contributed by atoms with E-state index in [2.05, 4.69) is 0 Å². The quantitative estimate of drug-likeness (QED) is 0.580. The zero-order chi connectivity index (χ0) is 24.1. The number of rotatable bonds is 3. The first-order valence-corrected chi connectivity index (χ1v) is 11.9. The SMILES string of the molecule is Cc1cc(C(C)N(C)C(=O)N2CCN3C(=O)CCC3C2c2ccsc2C)cc(C(F)(F)F)c1. The van der Waals surface area contributed by atoms with Gasteiger partial charge < -0.3 is 14.7 Å². The molecule has 3 unspecified atom stereocenters. The molecule has 5 nitrogen and oxygen atoms in total. The van der Waals surface area contributed by atoms with Gasteiger partial charge >= 0.3 is 12.2 Å². The fourth-order valence-corrected chi connectivity index (χ4v) is 5.78. The number of aryl methyl sites for hydroxylation is 2. The van der Waals surface area contributed by atoms with E-state index in [9.17, 15) is 22.8 Å². The van der Waals surface area contributed by atoms with Crippen LogP contribution in [0.15, 0.2) is 29.6 Å². The molecule has 2 saturated heterocycles. The van der Waals surface area contributed by atoms with Crippen molar-refractivity contribution in [1.82, 2.24) is 14.7 Å². The lowest BCUT2D eigenvalue weighted by molar-refractivity contribution is -0.137. The van der Waals surface area contributed by atoms with Gasteiger partial charge in [0.2, 0.25) is 5.91 Å². The Labute approximate surface area is 195 Å². The van der Waals surface area contributed by atoms with Crippen molar-refractivity contribution < 1.29 is 22.8 Å². The zero-order valence-corrected chi connectivity index (χ0v) is 20.0. The zero-order valence-electron chi connectivity index (χ0n) is 19.1. The van der Waals surface area contributed by atoms with E-state index in [-0.39, 0.29) is 24.0 Å². The van der Waals surface area contributed by atoms with Gasteiger partial charge in [0.05, 0.1) is 23.7 Å². The number of carbonyl (C=O) groups excluding carboxylic acids is 2. The maximum atomic E-state index is 13.7. The van der Waals surface area contributed by atoms with Crippen molar-refractivity contribution >= 4 is 23.3 Å². The number of piperazine rings is 1. The first-order chi connectivity index (χ1) is 15.5. The van der Waals surface area contributed by atoms with E-state index in [0.717, 1.165) is 22.6 Å². The Morgan fingerprint density at radius 3 is 2.58 bits per heavy atom. The summed E-state index contributed by atoms with van der Waals surface area (Å²) in [4.78, 5) is 32.4. The van der Waals surface area contributed by atoms with Gasteiger partial charge in [-0.15, -0.1) is 11.3 Å². The molecule has 2 fully saturated rings. The largest absolute Gasteiger partial charge is 0.416 e. The molecule has 9 heteroatoms. The van der Waals surface area contributed by atoms with Crippen LogP contribution in [0.4, 0.5) is 18.0 Å². The molecule has 4 rings (SSSR count). The molecule has 0 aliphatic carbocycles. The smallest absolute Gasteiger partial charge is 0.335 e. The molecule has 0 N–H and O–H groups in total. The second kappa shape index (κ2) is 8.66.